The molecule has 0 bridgehead atoms. The van der Waals surface area contributed by atoms with Crippen molar-refractivity contribution in [1.29, 1.82) is 0 Å². The van der Waals surface area contributed by atoms with Gasteiger partial charge in [0.25, 0.3) is 0 Å². The van der Waals surface area contributed by atoms with E-state index in [4.69, 9.17) is 39.6 Å². The standard InChI is InChI=1S/C18H30O8/c1-3-5-20-6-7-21-8-9-22-10-11-23-12-13-24-14-15-25-16-17-26-18(19)4-2/h1,4H,2,5-17H2. The topological polar surface area (TPSA) is 81.7 Å². The maximum absolute atomic E-state index is 10.7. The molecule has 0 saturated heterocycles. The van der Waals surface area contributed by atoms with Gasteiger partial charge in [0.05, 0.1) is 72.7 Å². The van der Waals surface area contributed by atoms with Crippen LogP contribution in [-0.4, -0.2) is 91.9 Å². The van der Waals surface area contributed by atoms with E-state index in [0.29, 0.717) is 79.3 Å². The second-order valence-electron chi connectivity index (χ2n) is 4.69. The Morgan fingerprint density at radius 1 is 0.692 bits per heavy atom. The Labute approximate surface area is 155 Å². The maximum atomic E-state index is 10.7. The van der Waals surface area contributed by atoms with Crippen LogP contribution in [0.15, 0.2) is 12.7 Å². The van der Waals surface area contributed by atoms with Gasteiger partial charge >= 0.3 is 5.97 Å². The third-order valence-corrected chi connectivity index (χ3v) is 2.68. The van der Waals surface area contributed by atoms with E-state index in [2.05, 4.69) is 12.5 Å². The molecule has 150 valence electrons. The Balaban J connectivity index is 3.02. The summed E-state index contributed by atoms with van der Waals surface area (Å²) in [5.74, 6) is 1.93. The van der Waals surface area contributed by atoms with Crippen molar-refractivity contribution in [3.05, 3.63) is 12.7 Å². The summed E-state index contributed by atoms with van der Waals surface area (Å²) in [6.45, 7) is 9.01. The monoisotopic (exact) mass is 374 g/mol. The first-order valence-corrected chi connectivity index (χ1v) is 8.50. The largest absolute Gasteiger partial charge is 0.460 e. The molecule has 0 aliphatic heterocycles. The van der Waals surface area contributed by atoms with Gasteiger partial charge in [-0.15, -0.1) is 6.42 Å². The van der Waals surface area contributed by atoms with Gasteiger partial charge in [-0.2, -0.15) is 0 Å². The lowest BCUT2D eigenvalue weighted by Gasteiger charge is -2.08. The van der Waals surface area contributed by atoms with Gasteiger partial charge in [-0.05, 0) is 0 Å². The summed E-state index contributed by atoms with van der Waals surface area (Å²) in [6.07, 6.45) is 6.15. The van der Waals surface area contributed by atoms with Crippen LogP contribution in [-0.2, 0) is 38.0 Å². The lowest BCUT2D eigenvalue weighted by atomic mass is 10.6. The zero-order valence-electron chi connectivity index (χ0n) is 15.3. The zero-order chi connectivity index (χ0) is 19.1. The summed E-state index contributed by atoms with van der Waals surface area (Å²) in [4.78, 5) is 10.7. The van der Waals surface area contributed by atoms with E-state index < -0.39 is 5.97 Å². The van der Waals surface area contributed by atoms with Crippen molar-refractivity contribution in [2.24, 2.45) is 0 Å². The lowest BCUT2D eigenvalue weighted by Crippen LogP contribution is -2.14. The van der Waals surface area contributed by atoms with E-state index >= 15 is 0 Å². The summed E-state index contributed by atoms with van der Waals surface area (Å²) in [5, 5.41) is 0. The van der Waals surface area contributed by atoms with Crippen LogP contribution in [0.3, 0.4) is 0 Å². The van der Waals surface area contributed by atoms with Crippen molar-refractivity contribution in [2.75, 3.05) is 85.9 Å². The van der Waals surface area contributed by atoms with Crippen LogP contribution in [0.2, 0.25) is 0 Å². The van der Waals surface area contributed by atoms with Gasteiger partial charge in [0.15, 0.2) is 0 Å². The molecule has 0 amide bonds. The van der Waals surface area contributed by atoms with Crippen molar-refractivity contribution in [3.8, 4) is 12.3 Å². The van der Waals surface area contributed by atoms with Gasteiger partial charge in [0, 0.05) is 6.08 Å². The molecule has 0 radical (unpaired) electrons. The molecule has 0 heterocycles. The number of ether oxygens (including phenoxy) is 7. The fourth-order valence-electron chi connectivity index (χ4n) is 1.49. The van der Waals surface area contributed by atoms with Crippen molar-refractivity contribution in [3.63, 3.8) is 0 Å². The highest BCUT2D eigenvalue weighted by Gasteiger charge is 1.96. The van der Waals surface area contributed by atoms with Gasteiger partial charge in [-0.1, -0.05) is 12.5 Å². The fraction of sp³-hybridized carbons (Fsp3) is 0.722. The molecule has 0 atom stereocenters. The highest BCUT2D eigenvalue weighted by atomic mass is 16.6. The van der Waals surface area contributed by atoms with Crippen molar-refractivity contribution < 1.29 is 38.0 Å². The molecular formula is C18H30O8. The minimum atomic E-state index is -0.454. The third kappa shape index (κ3) is 20.6. The van der Waals surface area contributed by atoms with Gasteiger partial charge < -0.3 is 33.2 Å². The van der Waals surface area contributed by atoms with Crippen LogP contribution >= 0.6 is 0 Å². The Kier molecular flexibility index (Phi) is 20.4. The molecule has 0 N–H and O–H groups in total. The summed E-state index contributed by atoms with van der Waals surface area (Å²) in [5.41, 5.74) is 0. The quantitative estimate of drug-likeness (QED) is 0.131. The number of esters is 1. The van der Waals surface area contributed by atoms with E-state index in [0.717, 1.165) is 6.08 Å². The van der Waals surface area contributed by atoms with Crippen LogP contribution in [0.4, 0.5) is 0 Å². The van der Waals surface area contributed by atoms with E-state index in [1.807, 2.05) is 0 Å². The summed E-state index contributed by atoms with van der Waals surface area (Å²) in [7, 11) is 0. The van der Waals surface area contributed by atoms with Crippen molar-refractivity contribution in [1.82, 2.24) is 0 Å². The molecule has 0 aromatic heterocycles. The minimum Gasteiger partial charge on any atom is -0.460 e. The second kappa shape index (κ2) is 21.6. The lowest BCUT2D eigenvalue weighted by molar-refractivity contribution is -0.139. The first kappa shape index (κ1) is 24.5. The van der Waals surface area contributed by atoms with Crippen molar-refractivity contribution in [2.45, 2.75) is 0 Å². The van der Waals surface area contributed by atoms with E-state index in [-0.39, 0.29) is 6.61 Å². The number of terminal acetylenes is 1. The van der Waals surface area contributed by atoms with Crippen LogP contribution in [0.1, 0.15) is 0 Å². The van der Waals surface area contributed by atoms with Gasteiger partial charge in [-0.25, -0.2) is 4.79 Å². The van der Waals surface area contributed by atoms with Crippen LogP contribution < -0.4 is 0 Å². The third-order valence-electron chi connectivity index (χ3n) is 2.68. The van der Waals surface area contributed by atoms with Crippen LogP contribution in [0.5, 0.6) is 0 Å². The number of rotatable bonds is 20. The van der Waals surface area contributed by atoms with E-state index in [1.165, 1.54) is 0 Å². The highest BCUT2D eigenvalue weighted by Crippen LogP contribution is 1.85. The maximum Gasteiger partial charge on any atom is 0.330 e. The number of hydrogen-bond acceptors (Lipinski definition) is 8. The Hall–Kier alpha value is -1.47. The molecule has 0 aliphatic carbocycles. The van der Waals surface area contributed by atoms with E-state index in [9.17, 15) is 4.79 Å². The zero-order valence-corrected chi connectivity index (χ0v) is 15.3. The predicted octanol–water partition coefficient (Wildman–Crippen LogP) is 0.448. The average molecular weight is 374 g/mol. The molecule has 26 heavy (non-hydrogen) atoms. The van der Waals surface area contributed by atoms with Gasteiger partial charge in [0.1, 0.15) is 13.2 Å². The molecule has 8 heteroatoms. The molecule has 0 saturated carbocycles. The molecular weight excluding hydrogens is 344 g/mol. The molecule has 0 spiro atoms. The average Bonchev–Trinajstić information content (AvgIpc) is 2.66. The molecule has 0 rings (SSSR count). The van der Waals surface area contributed by atoms with Crippen LogP contribution in [0, 0.1) is 12.3 Å². The number of carbonyl (C=O) groups excluding carboxylic acids is 1. The Morgan fingerprint density at radius 2 is 1.04 bits per heavy atom. The molecule has 0 fully saturated rings. The Bertz CT molecular complexity index is 367. The van der Waals surface area contributed by atoms with Crippen LogP contribution in [0.25, 0.3) is 0 Å². The normalized spacial score (nSPS) is 10.4. The summed E-state index contributed by atoms with van der Waals surface area (Å²) in [6, 6.07) is 0. The minimum absolute atomic E-state index is 0.207. The smallest absolute Gasteiger partial charge is 0.330 e. The first-order chi connectivity index (χ1) is 12.8. The fourth-order valence-corrected chi connectivity index (χ4v) is 1.49. The SMILES string of the molecule is C#CCOCCOCCOCCOCCOCCOCCOC(=O)C=C. The first-order valence-electron chi connectivity index (χ1n) is 8.50. The molecule has 0 aromatic rings. The Morgan fingerprint density at radius 3 is 1.38 bits per heavy atom. The molecule has 8 nitrogen and oxygen atoms in total. The summed E-state index contributed by atoms with van der Waals surface area (Å²) >= 11 is 0. The van der Waals surface area contributed by atoms with Gasteiger partial charge in [-0.3, -0.25) is 0 Å². The van der Waals surface area contributed by atoms with E-state index in [1.54, 1.807) is 0 Å². The number of carbonyl (C=O) groups is 1. The molecule has 0 aliphatic rings. The van der Waals surface area contributed by atoms with Gasteiger partial charge in [0.2, 0.25) is 0 Å². The number of hydrogen-bond donors (Lipinski definition) is 0. The summed E-state index contributed by atoms with van der Waals surface area (Å²) < 4.78 is 36.3. The highest BCUT2D eigenvalue weighted by molar-refractivity contribution is 5.81. The molecule has 0 unspecified atom stereocenters. The molecule has 0 aromatic carbocycles. The van der Waals surface area contributed by atoms with Crippen molar-refractivity contribution >= 4 is 5.97 Å². The predicted molar refractivity (Wildman–Crippen MR) is 94.9 cm³/mol. The second-order valence-corrected chi connectivity index (χ2v) is 4.69.